The molecule has 0 aromatic carbocycles. The Morgan fingerprint density at radius 1 is 1.20 bits per heavy atom. The normalized spacial score (nSPS) is 11.4. The average molecular weight is 214 g/mol. The minimum atomic E-state index is -0.471. The van der Waals surface area contributed by atoms with Gasteiger partial charge in [-0.25, -0.2) is 4.79 Å². The zero-order valence-electron chi connectivity index (χ0n) is 9.70. The van der Waals surface area contributed by atoms with Gasteiger partial charge in [0.25, 0.3) is 0 Å². The molecule has 0 rings (SSSR count). The maximum atomic E-state index is 11.3. The lowest BCUT2D eigenvalue weighted by Crippen LogP contribution is -2.11. The van der Waals surface area contributed by atoms with E-state index in [1.54, 1.807) is 6.08 Å². The fraction of sp³-hybridized carbons (Fsp3) is 0.636. The van der Waals surface area contributed by atoms with Gasteiger partial charge in [0.2, 0.25) is 0 Å². The highest BCUT2D eigenvalue weighted by molar-refractivity contribution is 5.93. The fourth-order valence-electron chi connectivity index (χ4n) is 0.964. The van der Waals surface area contributed by atoms with Crippen LogP contribution in [0.15, 0.2) is 11.6 Å². The van der Waals surface area contributed by atoms with Crippen LogP contribution in [-0.4, -0.2) is 26.2 Å². The van der Waals surface area contributed by atoms with E-state index in [-0.39, 0.29) is 6.42 Å². The fourth-order valence-corrected chi connectivity index (χ4v) is 0.964. The number of allylic oxidation sites excluding steroid dienone is 1. The molecule has 4 heteroatoms. The molecule has 4 nitrogen and oxygen atoms in total. The molecule has 15 heavy (non-hydrogen) atoms. The van der Waals surface area contributed by atoms with E-state index in [2.05, 4.69) is 9.47 Å². The monoisotopic (exact) mass is 214 g/mol. The lowest BCUT2D eigenvalue weighted by molar-refractivity contribution is -0.143. The third kappa shape index (κ3) is 5.88. The molecule has 0 aliphatic heterocycles. The first kappa shape index (κ1) is 13.7. The molecule has 0 heterocycles. The Labute approximate surface area is 90.2 Å². The summed E-state index contributed by atoms with van der Waals surface area (Å²) >= 11 is 0. The van der Waals surface area contributed by atoms with Crippen molar-refractivity contribution in [2.24, 2.45) is 5.92 Å². The summed E-state index contributed by atoms with van der Waals surface area (Å²) in [6.45, 7) is 4.06. The second kappa shape index (κ2) is 7.04. The summed E-state index contributed by atoms with van der Waals surface area (Å²) in [4.78, 5) is 22.3. The molecule has 0 N–H and O–H groups in total. The topological polar surface area (TPSA) is 52.6 Å². The number of carbonyl (C=O) groups is 2. The van der Waals surface area contributed by atoms with E-state index in [0.717, 1.165) is 6.42 Å². The number of ether oxygens (including phenoxy) is 2. The number of methoxy groups -OCH3 is 2. The van der Waals surface area contributed by atoms with Gasteiger partial charge in [0.05, 0.1) is 20.6 Å². The van der Waals surface area contributed by atoms with Crippen molar-refractivity contribution >= 4 is 11.9 Å². The maximum Gasteiger partial charge on any atom is 0.333 e. The Morgan fingerprint density at radius 3 is 2.20 bits per heavy atom. The summed E-state index contributed by atoms with van der Waals surface area (Å²) in [6.07, 6.45) is 2.44. The molecule has 0 bridgehead atoms. The Bertz CT molecular complexity index is 253. The van der Waals surface area contributed by atoms with Crippen molar-refractivity contribution < 1.29 is 19.1 Å². The van der Waals surface area contributed by atoms with E-state index in [1.165, 1.54) is 14.2 Å². The molecule has 0 saturated heterocycles. The van der Waals surface area contributed by atoms with E-state index < -0.39 is 11.9 Å². The van der Waals surface area contributed by atoms with Gasteiger partial charge in [0, 0.05) is 5.57 Å². The summed E-state index contributed by atoms with van der Waals surface area (Å²) < 4.78 is 9.07. The summed E-state index contributed by atoms with van der Waals surface area (Å²) in [6, 6.07) is 0. The average Bonchev–Trinajstić information content (AvgIpc) is 2.22. The zero-order valence-corrected chi connectivity index (χ0v) is 9.70. The molecule has 0 spiro atoms. The molecule has 0 amide bonds. The quantitative estimate of drug-likeness (QED) is 0.516. The van der Waals surface area contributed by atoms with E-state index in [1.807, 2.05) is 13.8 Å². The van der Waals surface area contributed by atoms with Gasteiger partial charge in [-0.2, -0.15) is 0 Å². The predicted molar refractivity (Wildman–Crippen MR) is 56.2 cm³/mol. The van der Waals surface area contributed by atoms with Crippen LogP contribution in [0, 0.1) is 5.92 Å². The minimum Gasteiger partial charge on any atom is -0.469 e. The van der Waals surface area contributed by atoms with Crippen LogP contribution in [0.3, 0.4) is 0 Å². The molecular weight excluding hydrogens is 196 g/mol. The number of esters is 2. The van der Waals surface area contributed by atoms with Gasteiger partial charge in [-0.1, -0.05) is 19.9 Å². The van der Waals surface area contributed by atoms with Crippen LogP contribution in [-0.2, 0) is 19.1 Å². The highest BCUT2D eigenvalue weighted by Crippen LogP contribution is 2.10. The smallest absolute Gasteiger partial charge is 0.333 e. The lowest BCUT2D eigenvalue weighted by atomic mass is 10.1. The summed E-state index contributed by atoms with van der Waals surface area (Å²) in [7, 11) is 2.59. The van der Waals surface area contributed by atoms with Crippen LogP contribution >= 0.6 is 0 Å². The van der Waals surface area contributed by atoms with Crippen LogP contribution in [0.25, 0.3) is 0 Å². The molecule has 0 aliphatic carbocycles. The van der Waals surface area contributed by atoms with Crippen molar-refractivity contribution in [3.63, 3.8) is 0 Å². The predicted octanol–water partition coefficient (Wildman–Crippen LogP) is 1.70. The second-order valence-corrected chi connectivity index (χ2v) is 3.60. The molecule has 0 fully saturated rings. The first-order chi connectivity index (χ1) is 7.01. The maximum absolute atomic E-state index is 11.3. The third-order valence-corrected chi connectivity index (χ3v) is 1.85. The summed E-state index contributed by atoms with van der Waals surface area (Å²) in [5.41, 5.74) is 0.359. The number of carbonyl (C=O) groups excluding carboxylic acids is 2. The van der Waals surface area contributed by atoms with Crippen molar-refractivity contribution in [2.45, 2.75) is 26.7 Å². The van der Waals surface area contributed by atoms with Crippen molar-refractivity contribution in [1.29, 1.82) is 0 Å². The Hall–Kier alpha value is -1.32. The van der Waals surface area contributed by atoms with Gasteiger partial charge in [0.15, 0.2) is 0 Å². The van der Waals surface area contributed by atoms with Crippen LogP contribution in [0.2, 0.25) is 0 Å². The van der Waals surface area contributed by atoms with Gasteiger partial charge in [-0.05, 0) is 12.3 Å². The Morgan fingerprint density at radius 2 is 1.80 bits per heavy atom. The Kier molecular flexibility index (Phi) is 6.42. The highest BCUT2D eigenvalue weighted by Gasteiger charge is 2.14. The Balaban J connectivity index is 4.50. The van der Waals surface area contributed by atoms with E-state index in [0.29, 0.717) is 11.5 Å². The largest absolute Gasteiger partial charge is 0.469 e. The zero-order chi connectivity index (χ0) is 11.8. The van der Waals surface area contributed by atoms with Crippen LogP contribution in [0.1, 0.15) is 26.7 Å². The first-order valence-electron chi connectivity index (χ1n) is 4.85. The SMILES string of the molecule is COC(=O)C/C(=C\CC(C)C)C(=O)OC. The molecule has 0 unspecified atom stereocenters. The van der Waals surface area contributed by atoms with E-state index in [9.17, 15) is 9.59 Å². The van der Waals surface area contributed by atoms with Gasteiger partial charge < -0.3 is 9.47 Å². The molecule has 0 aliphatic rings. The molecule has 0 saturated carbocycles. The minimum absolute atomic E-state index is 0.0319. The molecule has 0 radical (unpaired) electrons. The number of hydrogen-bond acceptors (Lipinski definition) is 4. The summed E-state index contributed by atoms with van der Waals surface area (Å²) in [5.74, 6) is -0.473. The van der Waals surface area contributed by atoms with Crippen LogP contribution < -0.4 is 0 Å². The van der Waals surface area contributed by atoms with Crippen molar-refractivity contribution in [1.82, 2.24) is 0 Å². The van der Waals surface area contributed by atoms with Gasteiger partial charge in [0.1, 0.15) is 0 Å². The van der Waals surface area contributed by atoms with E-state index in [4.69, 9.17) is 0 Å². The molecule has 86 valence electrons. The van der Waals surface area contributed by atoms with Gasteiger partial charge >= 0.3 is 11.9 Å². The molecule has 0 atom stereocenters. The molecule has 0 aromatic heterocycles. The van der Waals surface area contributed by atoms with Crippen LogP contribution in [0.5, 0.6) is 0 Å². The number of hydrogen-bond donors (Lipinski definition) is 0. The van der Waals surface area contributed by atoms with Crippen molar-refractivity contribution in [2.75, 3.05) is 14.2 Å². The standard InChI is InChI=1S/C11H18O4/c1-8(2)5-6-9(11(13)15-4)7-10(12)14-3/h6,8H,5,7H2,1-4H3/b9-6+. The van der Waals surface area contributed by atoms with E-state index >= 15 is 0 Å². The number of rotatable bonds is 5. The van der Waals surface area contributed by atoms with Crippen molar-refractivity contribution in [3.8, 4) is 0 Å². The molecular formula is C11H18O4. The first-order valence-corrected chi connectivity index (χ1v) is 4.85. The third-order valence-electron chi connectivity index (χ3n) is 1.85. The van der Waals surface area contributed by atoms with Gasteiger partial charge in [-0.3, -0.25) is 4.79 Å². The highest BCUT2D eigenvalue weighted by atomic mass is 16.5. The summed E-state index contributed by atoms with van der Waals surface area (Å²) in [5, 5.41) is 0. The molecule has 0 aromatic rings. The lowest BCUT2D eigenvalue weighted by Gasteiger charge is -2.05. The van der Waals surface area contributed by atoms with Crippen LogP contribution in [0.4, 0.5) is 0 Å². The second-order valence-electron chi connectivity index (χ2n) is 3.60. The van der Waals surface area contributed by atoms with Gasteiger partial charge in [-0.15, -0.1) is 0 Å². The van der Waals surface area contributed by atoms with Crippen molar-refractivity contribution in [3.05, 3.63) is 11.6 Å².